The Morgan fingerprint density at radius 2 is 2.24 bits per heavy atom. The number of thiophene rings is 1. The molecule has 1 N–H and O–H groups in total. The molecule has 0 bridgehead atoms. The number of piperazine rings is 1. The molecule has 96 valence electrons. The Morgan fingerprint density at radius 3 is 2.82 bits per heavy atom. The predicted molar refractivity (Wildman–Crippen MR) is 78.6 cm³/mol. The molecule has 4 heteroatoms. The number of hydrogen-bond acceptors (Lipinski definition) is 3. The minimum absolute atomic E-state index is 0.356. The van der Waals surface area contributed by atoms with Gasteiger partial charge in [0.05, 0.1) is 0 Å². The second kappa shape index (κ2) is 5.83. The molecule has 0 spiro atoms. The van der Waals surface area contributed by atoms with Crippen LogP contribution in [0.3, 0.4) is 0 Å². The Morgan fingerprint density at radius 1 is 1.47 bits per heavy atom. The fraction of sp³-hybridized carbons (Fsp3) is 0.692. The van der Waals surface area contributed by atoms with Crippen LogP contribution in [-0.4, -0.2) is 30.1 Å². The van der Waals surface area contributed by atoms with Crippen molar-refractivity contribution in [1.29, 1.82) is 0 Å². The SMILES string of the molecule is CCC1(CC)CNCCN1Cc1cc(Br)cs1. The smallest absolute Gasteiger partial charge is 0.0334 e. The van der Waals surface area contributed by atoms with E-state index in [2.05, 4.69) is 51.4 Å². The quantitative estimate of drug-likeness (QED) is 0.915. The Bertz CT molecular complexity index is 360. The van der Waals surface area contributed by atoms with Crippen LogP contribution in [0.2, 0.25) is 0 Å². The molecule has 0 atom stereocenters. The van der Waals surface area contributed by atoms with E-state index in [-0.39, 0.29) is 0 Å². The summed E-state index contributed by atoms with van der Waals surface area (Å²) in [7, 11) is 0. The maximum atomic E-state index is 3.55. The summed E-state index contributed by atoms with van der Waals surface area (Å²) >= 11 is 5.40. The van der Waals surface area contributed by atoms with Crippen LogP contribution in [-0.2, 0) is 6.54 Å². The molecule has 1 aliphatic rings. The number of hydrogen-bond donors (Lipinski definition) is 1. The first kappa shape index (κ1) is 13.5. The Hall–Kier alpha value is 0.1000. The first-order chi connectivity index (χ1) is 8.20. The first-order valence-corrected chi connectivity index (χ1v) is 8.06. The molecule has 0 aromatic carbocycles. The molecule has 0 radical (unpaired) electrons. The van der Waals surface area contributed by atoms with Gasteiger partial charge in [-0.1, -0.05) is 13.8 Å². The molecule has 0 saturated carbocycles. The largest absolute Gasteiger partial charge is 0.314 e. The molecule has 2 nitrogen and oxygen atoms in total. The highest BCUT2D eigenvalue weighted by Crippen LogP contribution is 2.29. The van der Waals surface area contributed by atoms with Gasteiger partial charge in [0.2, 0.25) is 0 Å². The van der Waals surface area contributed by atoms with Crippen LogP contribution in [0.15, 0.2) is 15.9 Å². The standard InChI is InChI=1S/C13H21BrN2S/c1-3-13(4-2)10-15-5-6-16(13)8-12-7-11(14)9-17-12/h7,9,15H,3-6,8,10H2,1-2H3. The van der Waals surface area contributed by atoms with E-state index in [1.165, 1.54) is 22.2 Å². The van der Waals surface area contributed by atoms with Crippen molar-refractivity contribution in [2.24, 2.45) is 0 Å². The van der Waals surface area contributed by atoms with Crippen LogP contribution in [0, 0.1) is 0 Å². The summed E-state index contributed by atoms with van der Waals surface area (Å²) in [6.07, 6.45) is 2.45. The first-order valence-electron chi connectivity index (χ1n) is 6.39. The van der Waals surface area contributed by atoms with E-state index >= 15 is 0 Å². The zero-order valence-corrected chi connectivity index (χ0v) is 13.0. The Kier molecular flexibility index (Phi) is 4.64. The highest BCUT2D eigenvalue weighted by atomic mass is 79.9. The predicted octanol–water partition coefficient (Wildman–Crippen LogP) is 3.47. The maximum Gasteiger partial charge on any atom is 0.0334 e. The molecule has 1 saturated heterocycles. The van der Waals surface area contributed by atoms with Crippen LogP contribution in [0.4, 0.5) is 0 Å². The van der Waals surface area contributed by atoms with E-state index in [0.29, 0.717) is 5.54 Å². The molecule has 1 aromatic rings. The highest BCUT2D eigenvalue weighted by Gasteiger charge is 2.35. The normalized spacial score (nSPS) is 20.6. The van der Waals surface area contributed by atoms with E-state index in [1.807, 2.05) is 11.3 Å². The Balaban J connectivity index is 2.11. The number of nitrogens with one attached hydrogen (secondary N) is 1. The van der Waals surface area contributed by atoms with Gasteiger partial charge in [0.1, 0.15) is 0 Å². The summed E-state index contributed by atoms with van der Waals surface area (Å²) in [6, 6.07) is 2.25. The number of halogens is 1. The topological polar surface area (TPSA) is 15.3 Å². The number of rotatable bonds is 4. The Labute approximate surface area is 117 Å². The van der Waals surface area contributed by atoms with Crippen LogP contribution in [0.5, 0.6) is 0 Å². The minimum Gasteiger partial charge on any atom is -0.314 e. The second-order valence-corrected chi connectivity index (χ2v) is 6.67. The van der Waals surface area contributed by atoms with Gasteiger partial charge in [-0.25, -0.2) is 0 Å². The summed E-state index contributed by atoms with van der Waals surface area (Å²) in [5, 5.41) is 5.73. The molecule has 2 heterocycles. The monoisotopic (exact) mass is 316 g/mol. The molecular formula is C13H21BrN2S. The van der Waals surface area contributed by atoms with Crippen molar-refractivity contribution in [3.05, 3.63) is 20.8 Å². The average Bonchev–Trinajstić information content (AvgIpc) is 2.76. The summed E-state index contributed by atoms with van der Waals surface area (Å²) in [6.45, 7) is 9.14. The van der Waals surface area contributed by atoms with Gasteiger partial charge in [0, 0.05) is 46.4 Å². The van der Waals surface area contributed by atoms with E-state index in [0.717, 1.165) is 26.2 Å². The lowest BCUT2D eigenvalue weighted by molar-refractivity contribution is 0.0457. The van der Waals surface area contributed by atoms with Gasteiger partial charge in [0.25, 0.3) is 0 Å². The van der Waals surface area contributed by atoms with Crippen molar-refractivity contribution in [3.63, 3.8) is 0 Å². The van der Waals surface area contributed by atoms with Gasteiger partial charge in [-0.05, 0) is 34.8 Å². The van der Waals surface area contributed by atoms with Gasteiger partial charge < -0.3 is 5.32 Å². The summed E-state index contributed by atoms with van der Waals surface area (Å²) in [5.41, 5.74) is 0.356. The molecule has 2 rings (SSSR count). The van der Waals surface area contributed by atoms with Gasteiger partial charge in [-0.15, -0.1) is 11.3 Å². The van der Waals surface area contributed by atoms with Crippen molar-refractivity contribution in [3.8, 4) is 0 Å². The lowest BCUT2D eigenvalue weighted by Crippen LogP contribution is -2.60. The molecular weight excluding hydrogens is 296 g/mol. The van der Waals surface area contributed by atoms with Gasteiger partial charge in [0.15, 0.2) is 0 Å². The van der Waals surface area contributed by atoms with Crippen LogP contribution in [0.25, 0.3) is 0 Å². The van der Waals surface area contributed by atoms with Gasteiger partial charge >= 0.3 is 0 Å². The van der Waals surface area contributed by atoms with E-state index in [9.17, 15) is 0 Å². The average molecular weight is 317 g/mol. The summed E-state index contributed by atoms with van der Waals surface area (Å²) in [4.78, 5) is 4.13. The lowest BCUT2D eigenvalue weighted by atomic mass is 9.88. The van der Waals surface area contributed by atoms with Crippen LogP contribution >= 0.6 is 27.3 Å². The third-order valence-electron chi connectivity index (χ3n) is 3.97. The molecule has 0 unspecified atom stereocenters. The van der Waals surface area contributed by atoms with Crippen molar-refractivity contribution in [2.45, 2.75) is 38.8 Å². The lowest BCUT2D eigenvalue weighted by Gasteiger charge is -2.47. The fourth-order valence-electron chi connectivity index (χ4n) is 2.70. The molecule has 0 amide bonds. The van der Waals surface area contributed by atoms with Crippen molar-refractivity contribution >= 4 is 27.3 Å². The third-order valence-corrected chi connectivity index (χ3v) is 5.65. The molecule has 1 aliphatic heterocycles. The van der Waals surface area contributed by atoms with Crippen molar-refractivity contribution < 1.29 is 0 Å². The fourth-order valence-corrected chi connectivity index (χ4v) is 4.17. The van der Waals surface area contributed by atoms with E-state index in [4.69, 9.17) is 0 Å². The molecule has 17 heavy (non-hydrogen) atoms. The summed E-state index contributed by atoms with van der Waals surface area (Å²) in [5.74, 6) is 0. The second-order valence-electron chi connectivity index (χ2n) is 4.76. The van der Waals surface area contributed by atoms with Crippen molar-refractivity contribution in [2.75, 3.05) is 19.6 Å². The zero-order chi connectivity index (χ0) is 12.3. The number of nitrogens with zero attached hydrogens (tertiary/aromatic N) is 1. The van der Waals surface area contributed by atoms with E-state index < -0.39 is 0 Å². The zero-order valence-electron chi connectivity index (χ0n) is 10.6. The molecule has 1 fully saturated rings. The van der Waals surface area contributed by atoms with Gasteiger partial charge in [-0.2, -0.15) is 0 Å². The minimum atomic E-state index is 0.356. The van der Waals surface area contributed by atoms with Gasteiger partial charge in [-0.3, -0.25) is 4.90 Å². The third kappa shape index (κ3) is 2.92. The van der Waals surface area contributed by atoms with Crippen LogP contribution in [0.1, 0.15) is 31.6 Å². The van der Waals surface area contributed by atoms with Crippen molar-refractivity contribution in [1.82, 2.24) is 10.2 Å². The summed E-state index contributed by atoms with van der Waals surface area (Å²) < 4.78 is 1.21. The molecule has 1 aromatic heterocycles. The molecule has 0 aliphatic carbocycles. The van der Waals surface area contributed by atoms with E-state index in [1.54, 1.807) is 0 Å². The van der Waals surface area contributed by atoms with Crippen LogP contribution < -0.4 is 5.32 Å². The highest BCUT2D eigenvalue weighted by molar-refractivity contribution is 9.10. The maximum absolute atomic E-state index is 3.55.